The van der Waals surface area contributed by atoms with Crippen LogP contribution in [0.2, 0.25) is 0 Å². The molecule has 12 heteroatoms. The molecular weight excluding hydrogens is 555 g/mol. The number of unbranched alkanes of at least 4 members (excludes halogenated alkanes) is 3. The van der Waals surface area contributed by atoms with Crippen molar-refractivity contribution in [3.63, 3.8) is 0 Å². The molecule has 222 valence electrons. The second kappa shape index (κ2) is 15.2. The first kappa shape index (κ1) is 31.6. The number of rotatable bonds is 13. The van der Waals surface area contributed by atoms with Crippen LogP contribution in [0.4, 0.5) is 22.0 Å². The van der Waals surface area contributed by atoms with Crippen molar-refractivity contribution in [2.75, 3.05) is 13.2 Å². The molecule has 41 heavy (non-hydrogen) atoms. The Morgan fingerprint density at radius 1 is 0.683 bits per heavy atom. The number of benzene rings is 2. The van der Waals surface area contributed by atoms with Gasteiger partial charge in [0.15, 0.2) is 0 Å². The summed E-state index contributed by atoms with van der Waals surface area (Å²) in [5.74, 6) is -15.5. The molecule has 0 bridgehead atoms. The highest BCUT2D eigenvalue weighted by Crippen LogP contribution is 2.34. The molecule has 1 fully saturated rings. The number of hydrogen-bond acceptors (Lipinski definition) is 7. The minimum Gasteiger partial charge on any atom is -0.494 e. The number of hydrogen-bond donors (Lipinski definition) is 0. The van der Waals surface area contributed by atoms with Crippen molar-refractivity contribution in [3.05, 3.63) is 66.0 Å². The van der Waals surface area contributed by atoms with Gasteiger partial charge >= 0.3 is 17.9 Å². The van der Waals surface area contributed by atoms with Gasteiger partial charge in [0.25, 0.3) is 0 Å². The normalized spacial score (nSPS) is 16.5. The van der Waals surface area contributed by atoms with Gasteiger partial charge in [-0.05, 0) is 75.6 Å². The van der Waals surface area contributed by atoms with Gasteiger partial charge in [-0.15, -0.1) is 0 Å². The van der Waals surface area contributed by atoms with Crippen LogP contribution in [0.5, 0.6) is 17.2 Å². The molecule has 1 aliphatic rings. The Balaban J connectivity index is 1.37. The maximum Gasteiger partial charge on any atom is 0.330 e. The Kier molecular flexibility index (Phi) is 11.7. The van der Waals surface area contributed by atoms with Gasteiger partial charge in [0.05, 0.1) is 25.0 Å². The van der Waals surface area contributed by atoms with Crippen LogP contribution in [0.3, 0.4) is 0 Å². The lowest BCUT2D eigenvalue weighted by molar-refractivity contribution is -0.145. The molecule has 0 radical (unpaired) electrons. The Labute approximate surface area is 233 Å². The molecule has 1 saturated carbocycles. The third-order valence-electron chi connectivity index (χ3n) is 6.53. The molecule has 1 aliphatic carbocycles. The van der Waals surface area contributed by atoms with E-state index >= 15 is 0 Å². The van der Waals surface area contributed by atoms with Gasteiger partial charge in [0, 0.05) is 6.08 Å². The van der Waals surface area contributed by atoms with Crippen LogP contribution in [-0.2, 0) is 19.1 Å². The summed E-state index contributed by atoms with van der Waals surface area (Å²) in [6, 6.07) is 6.47. The highest BCUT2D eigenvalue weighted by atomic mass is 19.2. The van der Waals surface area contributed by atoms with E-state index in [9.17, 15) is 36.3 Å². The van der Waals surface area contributed by atoms with Crippen LogP contribution in [-0.4, -0.2) is 31.1 Å². The average molecular weight is 585 g/mol. The van der Waals surface area contributed by atoms with Crippen LogP contribution in [0.15, 0.2) is 36.9 Å². The van der Waals surface area contributed by atoms with E-state index in [0.29, 0.717) is 24.7 Å². The zero-order chi connectivity index (χ0) is 29.9. The zero-order valence-electron chi connectivity index (χ0n) is 22.1. The van der Waals surface area contributed by atoms with E-state index in [-0.39, 0.29) is 25.7 Å². The lowest BCUT2D eigenvalue weighted by Gasteiger charge is -2.26. The highest BCUT2D eigenvalue weighted by molar-refractivity contribution is 5.81. The highest BCUT2D eigenvalue weighted by Gasteiger charge is 2.34. The fraction of sp³-hybridized carbons (Fsp3) is 0.414. The summed E-state index contributed by atoms with van der Waals surface area (Å²) in [5, 5.41) is 0. The number of carbonyl (C=O) groups excluding carboxylic acids is 3. The largest absolute Gasteiger partial charge is 0.494 e. The SMILES string of the molecule is C=CC(=O)OCCCCCCOc1ccc(OC(=O)[C@H]2CC[C@H](C(=O)Oc3c(F)c(F)c(F)c(F)c3F)CC2)cc1. The van der Waals surface area contributed by atoms with Gasteiger partial charge in [0.2, 0.25) is 34.8 Å². The second-order valence-electron chi connectivity index (χ2n) is 9.40. The first-order valence-corrected chi connectivity index (χ1v) is 13.1. The summed E-state index contributed by atoms with van der Waals surface area (Å²) in [5.41, 5.74) is 0. The van der Waals surface area contributed by atoms with Crippen molar-refractivity contribution in [2.45, 2.75) is 51.4 Å². The Morgan fingerprint density at radius 3 is 1.68 bits per heavy atom. The van der Waals surface area contributed by atoms with Gasteiger partial charge in [-0.1, -0.05) is 6.58 Å². The Bertz CT molecular complexity index is 1210. The van der Waals surface area contributed by atoms with E-state index in [1.165, 1.54) is 0 Å². The molecule has 0 spiro atoms. The van der Waals surface area contributed by atoms with Crippen molar-refractivity contribution in [1.29, 1.82) is 0 Å². The van der Waals surface area contributed by atoms with Crippen LogP contribution < -0.4 is 14.2 Å². The molecule has 0 amide bonds. The first-order chi connectivity index (χ1) is 19.6. The summed E-state index contributed by atoms with van der Waals surface area (Å²) in [6.07, 6.45) is 5.07. The number of esters is 3. The minimum absolute atomic E-state index is 0.0980. The molecule has 2 aromatic rings. The minimum atomic E-state index is -2.35. The van der Waals surface area contributed by atoms with Crippen molar-refractivity contribution in [2.24, 2.45) is 11.8 Å². The molecule has 0 unspecified atom stereocenters. The van der Waals surface area contributed by atoms with Crippen molar-refractivity contribution < 1.29 is 55.3 Å². The molecule has 3 rings (SSSR count). The number of ether oxygens (including phenoxy) is 4. The van der Waals surface area contributed by atoms with Crippen LogP contribution in [0.1, 0.15) is 51.4 Å². The molecule has 7 nitrogen and oxygen atoms in total. The monoisotopic (exact) mass is 584 g/mol. The third kappa shape index (κ3) is 8.76. The predicted molar refractivity (Wildman–Crippen MR) is 135 cm³/mol. The van der Waals surface area contributed by atoms with Gasteiger partial charge < -0.3 is 18.9 Å². The van der Waals surface area contributed by atoms with Crippen molar-refractivity contribution in [1.82, 2.24) is 0 Å². The van der Waals surface area contributed by atoms with Crippen LogP contribution in [0.25, 0.3) is 0 Å². The molecule has 2 aromatic carbocycles. The number of halogens is 5. The van der Waals surface area contributed by atoms with E-state index in [0.717, 1.165) is 31.8 Å². The molecule has 0 N–H and O–H groups in total. The third-order valence-corrected chi connectivity index (χ3v) is 6.53. The van der Waals surface area contributed by atoms with E-state index < -0.39 is 64.6 Å². The predicted octanol–water partition coefficient (Wildman–Crippen LogP) is 6.37. The van der Waals surface area contributed by atoms with Gasteiger partial charge in [-0.2, -0.15) is 8.78 Å². The average Bonchev–Trinajstić information content (AvgIpc) is 2.99. The Morgan fingerprint density at radius 2 is 1.15 bits per heavy atom. The van der Waals surface area contributed by atoms with Gasteiger partial charge in [0.1, 0.15) is 11.5 Å². The fourth-order valence-corrected chi connectivity index (χ4v) is 4.21. The van der Waals surface area contributed by atoms with E-state index in [4.69, 9.17) is 14.2 Å². The summed E-state index contributed by atoms with van der Waals surface area (Å²) in [4.78, 5) is 35.8. The van der Waals surface area contributed by atoms with Crippen molar-refractivity contribution >= 4 is 17.9 Å². The lowest BCUT2D eigenvalue weighted by Crippen LogP contribution is -2.30. The smallest absolute Gasteiger partial charge is 0.330 e. The topological polar surface area (TPSA) is 88.1 Å². The molecule has 0 saturated heterocycles. The first-order valence-electron chi connectivity index (χ1n) is 13.1. The Hall–Kier alpha value is -3.96. The standard InChI is InChI=1S/C29H29F5O7/c1-2-21(35)39-16-6-4-3-5-15-38-19-11-13-20(14-12-19)40-28(36)17-7-9-18(10-8-17)29(37)41-27-25(33)23(31)22(30)24(32)26(27)34/h2,11-14,17-18H,1,3-10,15-16H2/t17-,18-. The number of carbonyl (C=O) groups is 3. The molecule has 0 atom stereocenters. The molecule has 0 aliphatic heterocycles. The summed E-state index contributed by atoms with van der Waals surface area (Å²) in [7, 11) is 0. The van der Waals surface area contributed by atoms with E-state index in [1.54, 1.807) is 24.3 Å². The van der Waals surface area contributed by atoms with E-state index in [2.05, 4.69) is 11.3 Å². The maximum atomic E-state index is 13.8. The molecule has 0 heterocycles. The quantitative estimate of drug-likeness (QED) is 0.0515. The molecular formula is C29H29F5O7. The van der Waals surface area contributed by atoms with Gasteiger partial charge in [-0.3, -0.25) is 9.59 Å². The maximum absolute atomic E-state index is 13.8. The van der Waals surface area contributed by atoms with Gasteiger partial charge in [-0.25, -0.2) is 18.0 Å². The summed E-state index contributed by atoms with van der Waals surface area (Å²) < 4.78 is 88.0. The lowest BCUT2D eigenvalue weighted by atomic mass is 9.82. The van der Waals surface area contributed by atoms with Crippen LogP contribution >= 0.6 is 0 Å². The van der Waals surface area contributed by atoms with Crippen molar-refractivity contribution in [3.8, 4) is 17.2 Å². The summed E-state index contributed by atoms with van der Waals surface area (Å²) in [6.45, 7) is 4.17. The molecule has 0 aromatic heterocycles. The summed E-state index contributed by atoms with van der Waals surface area (Å²) >= 11 is 0. The fourth-order valence-electron chi connectivity index (χ4n) is 4.21. The van der Waals surface area contributed by atoms with Crippen LogP contribution in [0, 0.1) is 40.9 Å². The zero-order valence-corrected chi connectivity index (χ0v) is 22.1. The second-order valence-corrected chi connectivity index (χ2v) is 9.40. The van der Waals surface area contributed by atoms with E-state index in [1.807, 2.05) is 0 Å².